The molecular weight excluding hydrogens is 292 g/mol. The number of nitrogens with one attached hydrogen (secondary N) is 2. The van der Waals surface area contributed by atoms with Crippen LogP contribution in [-0.4, -0.2) is 24.0 Å². The van der Waals surface area contributed by atoms with Gasteiger partial charge in [-0.2, -0.15) is 0 Å². The summed E-state index contributed by atoms with van der Waals surface area (Å²) in [5.74, 6) is 0.174. The fourth-order valence-corrected chi connectivity index (χ4v) is 3.79. The van der Waals surface area contributed by atoms with Gasteiger partial charge in [0.15, 0.2) is 0 Å². The first-order valence-corrected chi connectivity index (χ1v) is 7.99. The normalized spacial score (nSPS) is 23.1. The maximum Gasteiger partial charge on any atom is 0.240 e. The van der Waals surface area contributed by atoms with Gasteiger partial charge in [-0.25, -0.2) is 0 Å². The fraction of sp³-hybridized carbons (Fsp3) is 0.667. The Bertz CT molecular complexity index is 441. The molecule has 0 spiro atoms. The predicted octanol–water partition coefficient (Wildman–Crippen LogP) is 3.06. The van der Waals surface area contributed by atoms with Crippen LogP contribution in [0, 0.1) is 6.92 Å². The summed E-state index contributed by atoms with van der Waals surface area (Å²) in [6.45, 7) is 7.25. The van der Waals surface area contributed by atoms with Crippen molar-refractivity contribution in [1.82, 2.24) is 10.6 Å². The van der Waals surface area contributed by atoms with Gasteiger partial charge in [0.25, 0.3) is 0 Å². The molecular formula is C15H25ClN2OS. The zero-order valence-electron chi connectivity index (χ0n) is 12.5. The van der Waals surface area contributed by atoms with Crippen LogP contribution < -0.4 is 10.6 Å². The summed E-state index contributed by atoms with van der Waals surface area (Å²) in [7, 11) is 0. The zero-order valence-corrected chi connectivity index (χ0v) is 14.1. The molecule has 1 amide bonds. The lowest BCUT2D eigenvalue weighted by molar-refractivity contribution is -0.127. The number of amides is 1. The van der Waals surface area contributed by atoms with Crippen molar-refractivity contribution >= 4 is 29.7 Å². The van der Waals surface area contributed by atoms with Gasteiger partial charge in [0.05, 0.1) is 5.54 Å². The van der Waals surface area contributed by atoms with Gasteiger partial charge in [-0.05, 0) is 51.8 Å². The smallest absolute Gasteiger partial charge is 0.240 e. The molecule has 0 aromatic carbocycles. The van der Waals surface area contributed by atoms with Crippen LogP contribution in [0.2, 0.25) is 0 Å². The third-order valence-corrected chi connectivity index (χ3v) is 4.99. The highest BCUT2D eigenvalue weighted by Crippen LogP contribution is 2.23. The summed E-state index contributed by atoms with van der Waals surface area (Å²) in [5.41, 5.74) is -0.320. The van der Waals surface area contributed by atoms with Crippen LogP contribution in [0.25, 0.3) is 0 Å². The van der Waals surface area contributed by atoms with Crippen LogP contribution >= 0.6 is 23.7 Å². The molecule has 0 radical (unpaired) electrons. The van der Waals surface area contributed by atoms with Crippen LogP contribution in [0.15, 0.2) is 12.1 Å². The van der Waals surface area contributed by atoms with Gasteiger partial charge in [0, 0.05) is 22.2 Å². The van der Waals surface area contributed by atoms with E-state index in [4.69, 9.17) is 0 Å². The van der Waals surface area contributed by atoms with E-state index in [0.29, 0.717) is 0 Å². The zero-order chi connectivity index (χ0) is 13.9. The molecule has 1 aliphatic heterocycles. The predicted molar refractivity (Wildman–Crippen MR) is 87.9 cm³/mol. The molecule has 1 aromatic rings. The Morgan fingerprint density at radius 1 is 1.55 bits per heavy atom. The fourth-order valence-electron chi connectivity index (χ4n) is 2.77. The summed E-state index contributed by atoms with van der Waals surface area (Å²) in [4.78, 5) is 15.1. The molecule has 3 nitrogen and oxygen atoms in total. The molecule has 1 aromatic heterocycles. The third-order valence-electron chi connectivity index (χ3n) is 3.96. The van der Waals surface area contributed by atoms with E-state index in [1.165, 1.54) is 9.75 Å². The summed E-state index contributed by atoms with van der Waals surface area (Å²) >= 11 is 1.81. The van der Waals surface area contributed by atoms with Gasteiger partial charge >= 0.3 is 0 Å². The van der Waals surface area contributed by atoms with Gasteiger partial charge in [-0.3, -0.25) is 4.79 Å². The maximum absolute atomic E-state index is 12.4. The monoisotopic (exact) mass is 316 g/mol. The van der Waals surface area contributed by atoms with Gasteiger partial charge in [-0.1, -0.05) is 6.92 Å². The first-order chi connectivity index (χ1) is 9.05. The van der Waals surface area contributed by atoms with Crippen LogP contribution in [0.5, 0.6) is 0 Å². The summed E-state index contributed by atoms with van der Waals surface area (Å²) in [6, 6.07) is 4.49. The highest BCUT2D eigenvalue weighted by molar-refractivity contribution is 7.11. The van der Waals surface area contributed by atoms with Crippen molar-refractivity contribution in [3.05, 3.63) is 21.9 Å². The van der Waals surface area contributed by atoms with Crippen LogP contribution in [-0.2, 0) is 11.2 Å². The Kier molecular flexibility index (Phi) is 6.49. The lowest BCUT2D eigenvalue weighted by Gasteiger charge is -2.28. The number of rotatable bonds is 5. The van der Waals surface area contributed by atoms with E-state index < -0.39 is 0 Å². The molecule has 0 bridgehead atoms. The van der Waals surface area contributed by atoms with Crippen LogP contribution in [0.3, 0.4) is 0 Å². The Morgan fingerprint density at radius 3 is 2.80 bits per heavy atom. The van der Waals surface area contributed by atoms with E-state index >= 15 is 0 Å². The molecule has 1 saturated heterocycles. The van der Waals surface area contributed by atoms with E-state index in [0.717, 1.165) is 32.2 Å². The standard InChI is InChI=1S/C15H24N2OS.ClH/c1-4-15(8-5-9-16-15)14(18)17-11(2)10-13-7-6-12(3)19-13;/h6-7,11,16H,4-5,8-10H2,1-3H3,(H,17,18);1H. The summed E-state index contributed by atoms with van der Waals surface area (Å²) in [5, 5.41) is 6.56. The van der Waals surface area contributed by atoms with Gasteiger partial charge in [0.1, 0.15) is 0 Å². The Labute approximate surface area is 131 Å². The minimum absolute atomic E-state index is 0. The number of hydrogen-bond donors (Lipinski definition) is 2. The molecule has 5 heteroatoms. The Morgan fingerprint density at radius 2 is 2.30 bits per heavy atom. The second-order valence-electron chi connectivity index (χ2n) is 5.56. The average molecular weight is 317 g/mol. The molecule has 114 valence electrons. The number of halogens is 1. The van der Waals surface area contributed by atoms with Crippen molar-refractivity contribution in [1.29, 1.82) is 0 Å². The SMILES string of the molecule is CCC1(C(=O)NC(C)Cc2ccc(C)s2)CCCN1.Cl. The van der Waals surface area contributed by atoms with E-state index in [9.17, 15) is 4.79 Å². The maximum atomic E-state index is 12.4. The minimum atomic E-state index is -0.320. The minimum Gasteiger partial charge on any atom is -0.352 e. The number of carbonyl (C=O) groups is 1. The number of carbonyl (C=O) groups excluding carboxylic acids is 1. The molecule has 2 N–H and O–H groups in total. The number of thiophene rings is 1. The van der Waals surface area contributed by atoms with E-state index in [1.54, 1.807) is 0 Å². The van der Waals surface area contributed by atoms with Crippen molar-refractivity contribution in [2.75, 3.05) is 6.54 Å². The van der Waals surface area contributed by atoms with E-state index in [1.807, 2.05) is 11.3 Å². The van der Waals surface area contributed by atoms with Gasteiger partial charge < -0.3 is 10.6 Å². The Balaban J connectivity index is 0.00000200. The molecule has 0 saturated carbocycles. The second-order valence-corrected chi connectivity index (χ2v) is 6.93. The Hall–Kier alpha value is -0.580. The first-order valence-electron chi connectivity index (χ1n) is 7.17. The van der Waals surface area contributed by atoms with E-state index in [2.05, 4.69) is 43.5 Å². The largest absolute Gasteiger partial charge is 0.352 e. The molecule has 0 aliphatic carbocycles. The molecule has 1 fully saturated rings. The average Bonchev–Trinajstić information content (AvgIpc) is 2.98. The van der Waals surface area contributed by atoms with Gasteiger partial charge in [0.2, 0.25) is 5.91 Å². The third kappa shape index (κ3) is 3.96. The van der Waals surface area contributed by atoms with Crippen molar-refractivity contribution < 1.29 is 4.79 Å². The lowest BCUT2D eigenvalue weighted by atomic mass is 9.92. The first kappa shape index (κ1) is 17.5. The number of hydrogen-bond acceptors (Lipinski definition) is 3. The quantitative estimate of drug-likeness (QED) is 0.876. The second kappa shape index (κ2) is 7.43. The lowest BCUT2D eigenvalue weighted by Crippen LogP contribution is -2.55. The molecule has 2 rings (SSSR count). The van der Waals surface area contributed by atoms with Crippen molar-refractivity contribution in [3.8, 4) is 0 Å². The molecule has 2 atom stereocenters. The highest BCUT2D eigenvalue weighted by atomic mass is 35.5. The van der Waals surface area contributed by atoms with Crippen molar-refractivity contribution in [3.63, 3.8) is 0 Å². The topological polar surface area (TPSA) is 41.1 Å². The van der Waals surface area contributed by atoms with Gasteiger partial charge in [-0.15, -0.1) is 23.7 Å². The molecule has 2 heterocycles. The summed E-state index contributed by atoms with van der Waals surface area (Å²) in [6.07, 6.45) is 3.84. The highest BCUT2D eigenvalue weighted by Gasteiger charge is 2.39. The molecule has 1 aliphatic rings. The number of aryl methyl sites for hydroxylation is 1. The summed E-state index contributed by atoms with van der Waals surface area (Å²) < 4.78 is 0. The molecule has 2 unspecified atom stereocenters. The van der Waals surface area contributed by atoms with E-state index in [-0.39, 0.29) is 29.9 Å². The van der Waals surface area contributed by atoms with Crippen molar-refractivity contribution in [2.24, 2.45) is 0 Å². The van der Waals surface area contributed by atoms with Crippen LogP contribution in [0.4, 0.5) is 0 Å². The molecule has 20 heavy (non-hydrogen) atoms. The van der Waals surface area contributed by atoms with Crippen LogP contribution in [0.1, 0.15) is 42.9 Å². The van der Waals surface area contributed by atoms with Crippen molar-refractivity contribution in [2.45, 2.75) is 58.0 Å².